The largest absolute Gasteiger partial charge is 0.338 e. The normalized spacial score (nSPS) is 19.8. The summed E-state index contributed by atoms with van der Waals surface area (Å²) >= 11 is 0. The predicted octanol–water partition coefficient (Wildman–Crippen LogP) is 3.16. The molecule has 0 spiro atoms. The lowest BCUT2D eigenvalue weighted by molar-refractivity contribution is -0.133. The van der Waals surface area contributed by atoms with Gasteiger partial charge < -0.3 is 10.2 Å². The molecule has 5 nitrogen and oxygen atoms in total. The van der Waals surface area contributed by atoms with Gasteiger partial charge in [0.15, 0.2) is 0 Å². The predicted molar refractivity (Wildman–Crippen MR) is 109 cm³/mol. The molecule has 0 bridgehead atoms. The quantitative estimate of drug-likeness (QED) is 0.830. The van der Waals surface area contributed by atoms with Gasteiger partial charge in [0.25, 0.3) is 0 Å². The van der Waals surface area contributed by atoms with E-state index in [0.717, 1.165) is 50.2 Å². The van der Waals surface area contributed by atoms with E-state index < -0.39 is 0 Å². The van der Waals surface area contributed by atoms with Crippen LogP contribution in [0.15, 0.2) is 24.3 Å². The van der Waals surface area contributed by atoms with Crippen LogP contribution in [0.2, 0.25) is 0 Å². The van der Waals surface area contributed by atoms with Gasteiger partial charge in [0.1, 0.15) is 5.82 Å². The van der Waals surface area contributed by atoms with Crippen molar-refractivity contribution in [2.24, 2.45) is 0 Å². The molecule has 2 aromatic rings. The van der Waals surface area contributed by atoms with Crippen molar-refractivity contribution in [3.8, 4) is 0 Å². The van der Waals surface area contributed by atoms with Gasteiger partial charge in [-0.05, 0) is 63.3 Å². The average Bonchev–Trinajstić information content (AvgIpc) is 2.91. The highest BCUT2D eigenvalue weighted by molar-refractivity contribution is 5.73. The van der Waals surface area contributed by atoms with E-state index in [4.69, 9.17) is 0 Å². The van der Waals surface area contributed by atoms with Gasteiger partial charge in [-0.3, -0.25) is 9.48 Å². The van der Waals surface area contributed by atoms with Crippen molar-refractivity contribution in [2.45, 2.75) is 65.6 Å². The zero-order valence-corrected chi connectivity index (χ0v) is 17.3. The number of rotatable bonds is 6. The molecule has 1 aliphatic rings. The maximum absolute atomic E-state index is 13.3. The van der Waals surface area contributed by atoms with E-state index in [0.29, 0.717) is 0 Å². The molecule has 1 fully saturated rings. The molecule has 1 aromatic heterocycles. The average molecular weight is 387 g/mol. The summed E-state index contributed by atoms with van der Waals surface area (Å²) in [6, 6.07) is 6.92. The van der Waals surface area contributed by atoms with Crippen molar-refractivity contribution in [3.05, 3.63) is 52.6 Å². The standard InChI is InChI=1S/C22H31FN4O/c1-15-16(2)25-27(17(15)3)13-11-24-21-6-5-12-26(18(4)28)22(21)14-19-7-9-20(23)10-8-19/h7-10,21-22,24H,5-6,11-14H2,1-4H3/t21-,22-/m0/s1. The first kappa shape index (κ1) is 20.5. The van der Waals surface area contributed by atoms with Crippen molar-refractivity contribution < 1.29 is 9.18 Å². The number of nitrogens with zero attached hydrogens (tertiary/aromatic N) is 3. The van der Waals surface area contributed by atoms with E-state index in [1.54, 1.807) is 6.92 Å². The number of piperidine rings is 1. The molecular weight excluding hydrogens is 355 g/mol. The van der Waals surface area contributed by atoms with E-state index in [2.05, 4.69) is 28.9 Å². The first-order valence-electron chi connectivity index (χ1n) is 10.1. The molecular formula is C22H31FN4O. The Morgan fingerprint density at radius 2 is 1.96 bits per heavy atom. The van der Waals surface area contributed by atoms with E-state index in [1.165, 1.54) is 23.4 Å². The van der Waals surface area contributed by atoms with Crippen LogP contribution in [0, 0.1) is 26.6 Å². The lowest BCUT2D eigenvalue weighted by Crippen LogP contribution is -2.56. The second-order valence-corrected chi connectivity index (χ2v) is 7.83. The molecule has 2 heterocycles. The van der Waals surface area contributed by atoms with Crippen LogP contribution in [0.5, 0.6) is 0 Å². The number of benzene rings is 1. The number of hydrogen-bond donors (Lipinski definition) is 1. The monoisotopic (exact) mass is 386 g/mol. The minimum Gasteiger partial charge on any atom is -0.338 e. The lowest BCUT2D eigenvalue weighted by atomic mass is 9.90. The molecule has 0 saturated carbocycles. The highest BCUT2D eigenvalue weighted by atomic mass is 19.1. The molecule has 3 rings (SSSR count). The Balaban J connectivity index is 1.68. The van der Waals surface area contributed by atoms with Gasteiger partial charge in [0.05, 0.1) is 18.3 Å². The van der Waals surface area contributed by atoms with E-state index in [-0.39, 0.29) is 23.8 Å². The molecule has 0 unspecified atom stereocenters. The summed E-state index contributed by atoms with van der Waals surface area (Å²) in [5, 5.41) is 8.27. The molecule has 152 valence electrons. The van der Waals surface area contributed by atoms with Crippen LogP contribution in [-0.4, -0.2) is 45.8 Å². The number of carbonyl (C=O) groups excluding carboxylic acids is 1. The number of aromatic nitrogens is 2. The number of likely N-dealkylation sites (tertiary alicyclic amines) is 1. The molecule has 28 heavy (non-hydrogen) atoms. The second kappa shape index (κ2) is 8.86. The van der Waals surface area contributed by atoms with Crippen LogP contribution >= 0.6 is 0 Å². The molecule has 2 atom stereocenters. The maximum Gasteiger partial charge on any atom is 0.219 e. The Morgan fingerprint density at radius 3 is 2.57 bits per heavy atom. The minimum atomic E-state index is -0.231. The summed E-state index contributed by atoms with van der Waals surface area (Å²) in [6.07, 6.45) is 2.76. The molecule has 1 saturated heterocycles. The SMILES string of the molecule is CC(=O)N1CCC[C@H](NCCn2nc(C)c(C)c2C)[C@@H]1Cc1ccc(F)cc1. The van der Waals surface area contributed by atoms with Crippen LogP contribution in [0.25, 0.3) is 0 Å². The minimum absolute atomic E-state index is 0.0823. The fraction of sp³-hybridized carbons (Fsp3) is 0.545. The zero-order chi connectivity index (χ0) is 20.3. The van der Waals surface area contributed by atoms with Gasteiger partial charge in [0.2, 0.25) is 5.91 Å². The zero-order valence-electron chi connectivity index (χ0n) is 17.3. The van der Waals surface area contributed by atoms with Crippen molar-refractivity contribution in [1.29, 1.82) is 0 Å². The van der Waals surface area contributed by atoms with Crippen LogP contribution in [-0.2, 0) is 17.8 Å². The summed E-state index contributed by atoms with van der Waals surface area (Å²) in [5.74, 6) is -0.126. The van der Waals surface area contributed by atoms with Gasteiger partial charge in [-0.15, -0.1) is 0 Å². The van der Waals surface area contributed by atoms with Gasteiger partial charge in [-0.2, -0.15) is 5.10 Å². The number of amides is 1. The first-order valence-corrected chi connectivity index (χ1v) is 10.1. The molecule has 1 N–H and O–H groups in total. The summed E-state index contributed by atoms with van der Waals surface area (Å²) in [4.78, 5) is 14.2. The van der Waals surface area contributed by atoms with Crippen LogP contribution in [0.3, 0.4) is 0 Å². The third kappa shape index (κ3) is 4.61. The summed E-state index contributed by atoms with van der Waals surface area (Å²) in [6.45, 7) is 10.3. The Labute approximate surface area is 166 Å². The summed E-state index contributed by atoms with van der Waals surface area (Å²) in [7, 11) is 0. The smallest absolute Gasteiger partial charge is 0.219 e. The maximum atomic E-state index is 13.3. The topological polar surface area (TPSA) is 50.2 Å². The Kier molecular flexibility index (Phi) is 6.50. The second-order valence-electron chi connectivity index (χ2n) is 7.83. The molecule has 1 aliphatic heterocycles. The Bertz CT molecular complexity index is 815. The van der Waals surface area contributed by atoms with E-state index in [9.17, 15) is 9.18 Å². The summed E-state index contributed by atoms with van der Waals surface area (Å²) < 4.78 is 15.3. The van der Waals surface area contributed by atoms with Gasteiger partial charge in [0, 0.05) is 31.7 Å². The molecule has 1 aromatic carbocycles. The van der Waals surface area contributed by atoms with Gasteiger partial charge >= 0.3 is 0 Å². The van der Waals surface area contributed by atoms with Crippen LogP contribution in [0.1, 0.15) is 42.3 Å². The van der Waals surface area contributed by atoms with Crippen molar-refractivity contribution in [1.82, 2.24) is 20.0 Å². The Morgan fingerprint density at radius 1 is 1.25 bits per heavy atom. The fourth-order valence-electron chi connectivity index (χ4n) is 4.16. The fourth-order valence-corrected chi connectivity index (χ4v) is 4.16. The summed E-state index contributed by atoms with van der Waals surface area (Å²) in [5.41, 5.74) is 4.58. The van der Waals surface area contributed by atoms with Crippen LogP contribution < -0.4 is 5.32 Å². The first-order chi connectivity index (χ1) is 13.4. The highest BCUT2D eigenvalue weighted by Gasteiger charge is 2.32. The number of nitrogens with one attached hydrogen (secondary N) is 1. The molecule has 6 heteroatoms. The molecule has 0 aliphatic carbocycles. The van der Waals surface area contributed by atoms with Gasteiger partial charge in [-0.25, -0.2) is 4.39 Å². The number of carbonyl (C=O) groups is 1. The third-order valence-corrected chi connectivity index (χ3v) is 6.01. The third-order valence-electron chi connectivity index (χ3n) is 6.01. The van der Waals surface area contributed by atoms with Gasteiger partial charge in [-0.1, -0.05) is 12.1 Å². The Hall–Kier alpha value is -2.21. The molecule has 0 radical (unpaired) electrons. The molecule has 1 amide bonds. The number of halogens is 1. The van der Waals surface area contributed by atoms with E-state index >= 15 is 0 Å². The van der Waals surface area contributed by atoms with Crippen LogP contribution in [0.4, 0.5) is 4.39 Å². The van der Waals surface area contributed by atoms with Crippen molar-refractivity contribution in [3.63, 3.8) is 0 Å². The lowest BCUT2D eigenvalue weighted by Gasteiger charge is -2.41. The van der Waals surface area contributed by atoms with E-state index in [1.807, 2.05) is 24.0 Å². The number of aryl methyl sites for hydroxylation is 1. The van der Waals surface area contributed by atoms with Crippen molar-refractivity contribution in [2.75, 3.05) is 13.1 Å². The highest BCUT2D eigenvalue weighted by Crippen LogP contribution is 2.22. The number of hydrogen-bond acceptors (Lipinski definition) is 3. The van der Waals surface area contributed by atoms with Crippen molar-refractivity contribution >= 4 is 5.91 Å².